The van der Waals surface area contributed by atoms with Crippen molar-refractivity contribution in [2.45, 2.75) is 65.2 Å². The van der Waals surface area contributed by atoms with Crippen molar-refractivity contribution in [1.29, 1.82) is 0 Å². The molecule has 0 bridgehead atoms. The fourth-order valence-electron chi connectivity index (χ4n) is 4.66. The standard InChI is InChI=1S/C30H36N6O2.2ClH/c1-19-15-25(31)23-17-21(11-13-27(23)33-19)35-29(37)9-7-5-3-4-6-8-10-30(38)36-22-12-14-28-24(18-22)26(32)16-20(2)34-28;;/h11-18H,3-10H2,1-2H3,(H2,31,33)(H2,32,34)(H,35,37)(H,36,38);2*1H. The van der Waals surface area contributed by atoms with Crippen molar-refractivity contribution in [2.75, 3.05) is 22.1 Å². The Morgan fingerprint density at radius 1 is 0.625 bits per heavy atom. The summed E-state index contributed by atoms with van der Waals surface area (Å²) < 4.78 is 0. The third-order valence-corrected chi connectivity index (χ3v) is 6.56. The van der Waals surface area contributed by atoms with Crippen molar-refractivity contribution in [3.8, 4) is 0 Å². The Labute approximate surface area is 247 Å². The van der Waals surface area contributed by atoms with Gasteiger partial charge in [0.15, 0.2) is 0 Å². The van der Waals surface area contributed by atoms with E-state index in [-0.39, 0.29) is 36.6 Å². The van der Waals surface area contributed by atoms with Crippen LogP contribution in [0, 0.1) is 13.8 Å². The molecule has 2 amide bonds. The minimum absolute atomic E-state index is 0. The molecule has 0 radical (unpaired) electrons. The highest BCUT2D eigenvalue weighted by Gasteiger charge is 2.08. The maximum absolute atomic E-state index is 12.3. The minimum Gasteiger partial charge on any atom is -0.398 e. The van der Waals surface area contributed by atoms with E-state index in [4.69, 9.17) is 11.5 Å². The molecule has 0 unspecified atom stereocenters. The largest absolute Gasteiger partial charge is 0.398 e. The van der Waals surface area contributed by atoms with Crippen LogP contribution >= 0.6 is 24.8 Å². The smallest absolute Gasteiger partial charge is 0.224 e. The number of aromatic nitrogens is 2. The van der Waals surface area contributed by atoms with Gasteiger partial charge in [-0.3, -0.25) is 19.6 Å². The number of hydrogen-bond acceptors (Lipinski definition) is 6. The number of unbranched alkanes of at least 4 members (excludes halogenated alkanes) is 5. The van der Waals surface area contributed by atoms with Crippen molar-refractivity contribution >= 4 is 81.2 Å². The molecule has 4 aromatic rings. The number of carbonyl (C=O) groups excluding carboxylic acids is 2. The predicted octanol–water partition coefficient (Wildman–Crippen LogP) is 7.11. The molecule has 4 rings (SSSR count). The van der Waals surface area contributed by atoms with E-state index in [0.717, 1.165) is 83.1 Å². The number of halogens is 2. The van der Waals surface area contributed by atoms with Crippen LogP contribution in [0.5, 0.6) is 0 Å². The second kappa shape index (κ2) is 15.2. The molecule has 0 aliphatic heterocycles. The molecule has 6 N–H and O–H groups in total. The van der Waals surface area contributed by atoms with Gasteiger partial charge in [-0.05, 0) is 75.2 Å². The van der Waals surface area contributed by atoms with Crippen molar-refractivity contribution in [3.05, 3.63) is 59.9 Å². The number of amides is 2. The zero-order valence-corrected chi connectivity index (χ0v) is 24.6. The SMILES string of the molecule is Cc1cc(N)c2cc(NC(=O)CCCCCCCCC(=O)Nc3ccc4nc(C)cc(N)c4c3)ccc2n1.Cl.Cl. The van der Waals surface area contributed by atoms with Crippen molar-refractivity contribution in [3.63, 3.8) is 0 Å². The van der Waals surface area contributed by atoms with Gasteiger partial charge in [0.05, 0.1) is 11.0 Å². The van der Waals surface area contributed by atoms with Gasteiger partial charge in [0, 0.05) is 57.8 Å². The molecule has 0 saturated carbocycles. The van der Waals surface area contributed by atoms with Crippen LogP contribution in [-0.4, -0.2) is 21.8 Å². The number of nitrogen functional groups attached to an aromatic ring is 2. The first kappa shape index (κ1) is 32.6. The van der Waals surface area contributed by atoms with E-state index in [1.54, 1.807) is 0 Å². The topological polar surface area (TPSA) is 136 Å². The lowest BCUT2D eigenvalue weighted by molar-refractivity contribution is -0.117. The van der Waals surface area contributed by atoms with Gasteiger partial charge in [-0.1, -0.05) is 25.7 Å². The van der Waals surface area contributed by atoms with E-state index in [1.165, 1.54) is 0 Å². The minimum atomic E-state index is 0. The van der Waals surface area contributed by atoms with Gasteiger partial charge in [0.2, 0.25) is 11.8 Å². The van der Waals surface area contributed by atoms with E-state index in [2.05, 4.69) is 20.6 Å². The van der Waals surface area contributed by atoms with Crippen LogP contribution in [0.1, 0.15) is 62.8 Å². The maximum Gasteiger partial charge on any atom is 0.224 e. The lowest BCUT2D eigenvalue weighted by Gasteiger charge is -2.09. The van der Waals surface area contributed by atoms with E-state index >= 15 is 0 Å². The third-order valence-electron chi connectivity index (χ3n) is 6.56. The molecule has 10 heteroatoms. The highest BCUT2D eigenvalue weighted by atomic mass is 35.5. The van der Waals surface area contributed by atoms with Crippen LogP contribution in [0.2, 0.25) is 0 Å². The molecular weight excluding hydrogens is 547 g/mol. The van der Waals surface area contributed by atoms with Crippen molar-refractivity contribution in [2.24, 2.45) is 0 Å². The van der Waals surface area contributed by atoms with E-state index in [1.807, 2.05) is 62.4 Å². The summed E-state index contributed by atoms with van der Waals surface area (Å²) in [6, 6.07) is 14.9. The average Bonchev–Trinajstić information content (AvgIpc) is 2.86. The lowest BCUT2D eigenvalue weighted by Crippen LogP contribution is -2.11. The number of pyridine rings is 2. The molecule has 214 valence electrons. The Bertz CT molecular complexity index is 1370. The fraction of sp³-hybridized carbons (Fsp3) is 0.333. The van der Waals surface area contributed by atoms with Gasteiger partial charge < -0.3 is 22.1 Å². The maximum atomic E-state index is 12.3. The molecule has 2 heterocycles. The molecule has 0 atom stereocenters. The van der Waals surface area contributed by atoms with Crippen LogP contribution in [0.15, 0.2) is 48.5 Å². The van der Waals surface area contributed by atoms with Gasteiger partial charge in [-0.15, -0.1) is 24.8 Å². The highest BCUT2D eigenvalue weighted by molar-refractivity contribution is 5.98. The summed E-state index contributed by atoms with van der Waals surface area (Å²) in [5.41, 5.74) is 18.4. The number of rotatable bonds is 11. The molecule has 40 heavy (non-hydrogen) atoms. The van der Waals surface area contributed by atoms with Crippen LogP contribution in [0.4, 0.5) is 22.7 Å². The highest BCUT2D eigenvalue weighted by Crippen LogP contribution is 2.25. The Morgan fingerprint density at radius 2 is 1.00 bits per heavy atom. The Hall–Kier alpha value is -3.62. The number of nitrogens with one attached hydrogen (secondary N) is 2. The zero-order chi connectivity index (χ0) is 27.1. The summed E-state index contributed by atoms with van der Waals surface area (Å²) >= 11 is 0. The quantitative estimate of drug-likeness (QED) is 0.139. The van der Waals surface area contributed by atoms with E-state index in [9.17, 15) is 9.59 Å². The summed E-state index contributed by atoms with van der Waals surface area (Å²) in [4.78, 5) is 33.6. The molecule has 2 aromatic carbocycles. The summed E-state index contributed by atoms with van der Waals surface area (Å²) in [5.74, 6) is 0.00190. The van der Waals surface area contributed by atoms with Crippen LogP contribution in [0.3, 0.4) is 0 Å². The first-order valence-electron chi connectivity index (χ1n) is 13.2. The number of aryl methyl sites for hydroxylation is 2. The van der Waals surface area contributed by atoms with Gasteiger partial charge in [-0.2, -0.15) is 0 Å². The number of nitrogens with zero attached hydrogens (tertiary/aromatic N) is 2. The molecule has 8 nitrogen and oxygen atoms in total. The van der Waals surface area contributed by atoms with Gasteiger partial charge in [0.25, 0.3) is 0 Å². The van der Waals surface area contributed by atoms with Gasteiger partial charge >= 0.3 is 0 Å². The van der Waals surface area contributed by atoms with E-state index in [0.29, 0.717) is 24.2 Å². The number of fused-ring (bicyclic) bond motifs is 2. The summed E-state index contributed by atoms with van der Waals surface area (Å²) in [6.07, 6.45) is 6.69. The number of anilines is 4. The molecule has 0 spiro atoms. The first-order chi connectivity index (χ1) is 18.3. The van der Waals surface area contributed by atoms with Crippen LogP contribution in [0.25, 0.3) is 21.8 Å². The number of benzene rings is 2. The Morgan fingerprint density at radius 3 is 1.40 bits per heavy atom. The van der Waals surface area contributed by atoms with Crippen LogP contribution < -0.4 is 22.1 Å². The normalized spacial score (nSPS) is 10.6. The predicted molar refractivity (Wildman–Crippen MR) is 170 cm³/mol. The molecule has 0 aliphatic rings. The van der Waals surface area contributed by atoms with Crippen LogP contribution in [-0.2, 0) is 9.59 Å². The monoisotopic (exact) mass is 584 g/mol. The molecular formula is C30H38Cl2N6O2. The molecule has 2 aromatic heterocycles. The first-order valence-corrected chi connectivity index (χ1v) is 13.2. The fourth-order valence-corrected chi connectivity index (χ4v) is 4.66. The third kappa shape index (κ3) is 8.96. The summed E-state index contributed by atoms with van der Waals surface area (Å²) in [5, 5.41) is 7.60. The second-order valence-electron chi connectivity index (χ2n) is 9.89. The molecule has 0 saturated heterocycles. The van der Waals surface area contributed by atoms with Crippen molar-refractivity contribution in [1.82, 2.24) is 9.97 Å². The van der Waals surface area contributed by atoms with Crippen molar-refractivity contribution < 1.29 is 9.59 Å². The Balaban J connectivity index is 0.00000280. The number of hydrogen-bond donors (Lipinski definition) is 4. The number of nitrogens with two attached hydrogens (primary N) is 2. The Kier molecular flexibility index (Phi) is 12.4. The van der Waals surface area contributed by atoms with Gasteiger partial charge in [-0.25, -0.2) is 0 Å². The summed E-state index contributed by atoms with van der Waals surface area (Å²) in [6.45, 7) is 3.82. The summed E-state index contributed by atoms with van der Waals surface area (Å²) in [7, 11) is 0. The average molecular weight is 586 g/mol. The lowest BCUT2D eigenvalue weighted by atomic mass is 10.1. The van der Waals surface area contributed by atoms with E-state index < -0.39 is 0 Å². The zero-order valence-electron chi connectivity index (χ0n) is 23.0. The molecule has 0 fully saturated rings. The second-order valence-corrected chi connectivity index (χ2v) is 9.89. The molecule has 0 aliphatic carbocycles. The number of carbonyl (C=O) groups is 2. The van der Waals surface area contributed by atoms with Gasteiger partial charge in [0.1, 0.15) is 0 Å².